The first-order valence-corrected chi connectivity index (χ1v) is 6.92. The Morgan fingerprint density at radius 1 is 1.35 bits per heavy atom. The van der Waals surface area contributed by atoms with Crippen LogP contribution in [0.2, 0.25) is 0 Å². The molecule has 2 unspecified atom stereocenters. The highest BCUT2D eigenvalue weighted by molar-refractivity contribution is 5.93. The highest BCUT2D eigenvalue weighted by Gasteiger charge is 2.28. The van der Waals surface area contributed by atoms with E-state index in [4.69, 9.17) is 0 Å². The molecule has 0 radical (unpaired) electrons. The zero-order valence-electron chi connectivity index (χ0n) is 10.7. The fourth-order valence-electron chi connectivity index (χ4n) is 3.08. The van der Waals surface area contributed by atoms with E-state index in [-0.39, 0.29) is 11.8 Å². The van der Waals surface area contributed by atoms with E-state index in [9.17, 15) is 4.79 Å². The molecular weight excluding hydrogens is 212 g/mol. The van der Waals surface area contributed by atoms with Crippen molar-refractivity contribution in [3.63, 3.8) is 0 Å². The van der Waals surface area contributed by atoms with Crippen molar-refractivity contribution in [1.29, 1.82) is 0 Å². The Kier molecular flexibility index (Phi) is 4.75. The van der Waals surface area contributed by atoms with E-state index in [0.29, 0.717) is 0 Å². The van der Waals surface area contributed by atoms with Gasteiger partial charge in [0.05, 0.1) is 6.04 Å². The second-order valence-corrected chi connectivity index (χ2v) is 5.33. The first-order chi connectivity index (χ1) is 8.31. The molecule has 2 heterocycles. The summed E-state index contributed by atoms with van der Waals surface area (Å²) in [4.78, 5) is 14.2. The van der Waals surface area contributed by atoms with Crippen LogP contribution in [-0.4, -0.2) is 42.9 Å². The highest BCUT2D eigenvalue weighted by Crippen LogP contribution is 2.21. The molecule has 3 nitrogen and oxygen atoms in total. The van der Waals surface area contributed by atoms with Crippen LogP contribution < -0.4 is 5.32 Å². The van der Waals surface area contributed by atoms with Crippen molar-refractivity contribution in [3.8, 4) is 0 Å². The second-order valence-electron chi connectivity index (χ2n) is 5.33. The van der Waals surface area contributed by atoms with Crippen molar-refractivity contribution in [1.82, 2.24) is 10.2 Å². The van der Waals surface area contributed by atoms with E-state index in [2.05, 4.69) is 16.8 Å². The molecule has 2 fully saturated rings. The Morgan fingerprint density at radius 3 is 2.94 bits per heavy atom. The minimum atomic E-state index is 0.114. The molecule has 17 heavy (non-hydrogen) atoms. The Morgan fingerprint density at radius 2 is 2.24 bits per heavy atom. The molecule has 0 spiro atoms. The third-order valence-electron chi connectivity index (χ3n) is 4.03. The monoisotopic (exact) mass is 236 g/mol. The van der Waals surface area contributed by atoms with Gasteiger partial charge in [0.2, 0.25) is 0 Å². The van der Waals surface area contributed by atoms with Crippen molar-refractivity contribution in [3.05, 3.63) is 12.7 Å². The van der Waals surface area contributed by atoms with Crippen LogP contribution in [0.15, 0.2) is 12.7 Å². The molecule has 2 atom stereocenters. The molecule has 1 N–H and O–H groups in total. The SMILES string of the molecule is C=CC(=O)C1CCCCN1CC1CCCNC1. The molecule has 2 aliphatic heterocycles. The highest BCUT2D eigenvalue weighted by atomic mass is 16.1. The molecule has 2 saturated heterocycles. The largest absolute Gasteiger partial charge is 0.316 e. The average molecular weight is 236 g/mol. The van der Waals surface area contributed by atoms with Gasteiger partial charge in [-0.1, -0.05) is 13.0 Å². The summed E-state index contributed by atoms with van der Waals surface area (Å²) in [5.74, 6) is 0.940. The molecule has 3 heteroatoms. The quantitative estimate of drug-likeness (QED) is 0.752. The molecule has 2 rings (SSSR count). The number of likely N-dealkylation sites (tertiary alicyclic amines) is 1. The van der Waals surface area contributed by atoms with Crippen LogP contribution in [0.4, 0.5) is 0 Å². The Hall–Kier alpha value is -0.670. The van der Waals surface area contributed by atoms with Gasteiger partial charge >= 0.3 is 0 Å². The lowest BCUT2D eigenvalue weighted by atomic mass is 9.94. The fourth-order valence-corrected chi connectivity index (χ4v) is 3.08. The molecule has 0 aromatic rings. The van der Waals surface area contributed by atoms with E-state index in [1.807, 2.05) is 0 Å². The molecule has 0 bridgehead atoms. The smallest absolute Gasteiger partial charge is 0.172 e. The van der Waals surface area contributed by atoms with Gasteiger partial charge < -0.3 is 5.32 Å². The summed E-state index contributed by atoms with van der Waals surface area (Å²) >= 11 is 0. The molecule has 0 saturated carbocycles. The number of hydrogen-bond acceptors (Lipinski definition) is 3. The van der Waals surface area contributed by atoms with E-state index < -0.39 is 0 Å². The summed E-state index contributed by atoms with van der Waals surface area (Å²) in [7, 11) is 0. The Bertz CT molecular complexity index is 271. The van der Waals surface area contributed by atoms with Gasteiger partial charge in [0.15, 0.2) is 5.78 Å². The Balaban J connectivity index is 1.91. The topological polar surface area (TPSA) is 32.3 Å². The van der Waals surface area contributed by atoms with E-state index in [1.54, 1.807) is 0 Å². The number of nitrogens with one attached hydrogen (secondary N) is 1. The summed E-state index contributed by atoms with van der Waals surface area (Å²) in [6.45, 7) is 8.07. The maximum absolute atomic E-state index is 11.8. The number of carbonyl (C=O) groups excluding carboxylic acids is 1. The molecule has 0 amide bonds. The maximum Gasteiger partial charge on any atom is 0.172 e. The van der Waals surface area contributed by atoms with E-state index in [0.717, 1.165) is 38.5 Å². The molecule has 0 aromatic carbocycles. The van der Waals surface area contributed by atoms with Crippen molar-refractivity contribution >= 4 is 5.78 Å². The first kappa shape index (κ1) is 12.8. The number of ketones is 1. The normalized spacial score (nSPS) is 31.1. The van der Waals surface area contributed by atoms with Gasteiger partial charge in [-0.2, -0.15) is 0 Å². The van der Waals surface area contributed by atoms with Gasteiger partial charge in [0.1, 0.15) is 0 Å². The molecule has 0 aliphatic carbocycles. The number of hydrogen-bond donors (Lipinski definition) is 1. The van der Waals surface area contributed by atoms with Crippen LogP contribution in [0.1, 0.15) is 32.1 Å². The minimum absolute atomic E-state index is 0.114. The van der Waals surface area contributed by atoms with Crippen molar-refractivity contribution in [2.24, 2.45) is 5.92 Å². The van der Waals surface area contributed by atoms with Gasteiger partial charge in [0, 0.05) is 6.54 Å². The number of rotatable bonds is 4. The van der Waals surface area contributed by atoms with Crippen molar-refractivity contribution in [2.45, 2.75) is 38.1 Å². The van der Waals surface area contributed by atoms with Gasteiger partial charge in [0.25, 0.3) is 0 Å². The molecule has 2 aliphatic rings. The summed E-state index contributed by atoms with van der Waals surface area (Å²) in [6, 6.07) is 0.114. The van der Waals surface area contributed by atoms with Crippen molar-refractivity contribution in [2.75, 3.05) is 26.2 Å². The summed E-state index contributed by atoms with van der Waals surface area (Å²) in [5.41, 5.74) is 0. The summed E-state index contributed by atoms with van der Waals surface area (Å²) < 4.78 is 0. The van der Waals surface area contributed by atoms with Gasteiger partial charge in [-0.15, -0.1) is 0 Å². The van der Waals surface area contributed by atoms with Crippen LogP contribution in [-0.2, 0) is 4.79 Å². The minimum Gasteiger partial charge on any atom is -0.316 e. The third kappa shape index (κ3) is 3.39. The van der Waals surface area contributed by atoms with Gasteiger partial charge in [-0.3, -0.25) is 9.69 Å². The van der Waals surface area contributed by atoms with Crippen LogP contribution in [0.25, 0.3) is 0 Å². The number of carbonyl (C=O) groups is 1. The summed E-state index contributed by atoms with van der Waals surface area (Å²) in [6.07, 6.45) is 7.52. The predicted octanol–water partition coefficient (Wildman–Crippen LogP) is 1.60. The molecular formula is C14H24N2O. The number of piperidine rings is 2. The van der Waals surface area contributed by atoms with Crippen molar-refractivity contribution < 1.29 is 4.79 Å². The average Bonchev–Trinajstić information content (AvgIpc) is 2.40. The lowest BCUT2D eigenvalue weighted by Crippen LogP contribution is -2.48. The summed E-state index contributed by atoms with van der Waals surface area (Å²) in [5, 5.41) is 3.45. The first-order valence-electron chi connectivity index (χ1n) is 6.92. The zero-order chi connectivity index (χ0) is 12.1. The molecule has 96 valence electrons. The van der Waals surface area contributed by atoms with Crippen LogP contribution >= 0.6 is 0 Å². The Labute approximate surface area is 104 Å². The third-order valence-corrected chi connectivity index (χ3v) is 4.03. The van der Waals surface area contributed by atoms with Gasteiger partial charge in [-0.25, -0.2) is 0 Å². The van der Waals surface area contributed by atoms with Crippen LogP contribution in [0, 0.1) is 5.92 Å². The lowest BCUT2D eigenvalue weighted by molar-refractivity contribution is -0.121. The maximum atomic E-state index is 11.8. The standard InChI is InChI=1S/C14H24N2O/c1-2-14(17)13-7-3-4-9-16(13)11-12-6-5-8-15-10-12/h2,12-13,15H,1,3-11H2. The zero-order valence-corrected chi connectivity index (χ0v) is 10.7. The van der Waals surface area contributed by atoms with Crippen LogP contribution in [0.3, 0.4) is 0 Å². The lowest BCUT2D eigenvalue weighted by Gasteiger charge is -2.37. The van der Waals surface area contributed by atoms with Crippen LogP contribution in [0.5, 0.6) is 0 Å². The van der Waals surface area contributed by atoms with E-state index >= 15 is 0 Å². The van der Waals surface area contributed by atoms with Gasteiger partial charge in [-0.05, 0) is 57.3 Å². The molecule has 0 aromatic heterocycles. The fraction of sp³-hybridized carbons (Fsp3) is 0.786. The second kappa shape index (κ2) is 6.31. The number of nitrogens with zero attached hydrogens (tertiary/aromatic N) is 1. The van der Waals surface area contributed by atoms with E-state index in [1.165, 1.54) is 31.8 Å². The predicted molar refractivity (Wildman–Crippen MR) is 70.0 cm³/mol.